The first-order chi connectivity index (χ1) is 12.9. The molecule has 0 N–H and O–H groups in total. The van der Waals surface area contributed by atoms with E-state index in [0.717, 1.165) is 56.7 Å². The molecule has 0 spiro atoms. The molecule has 0 radical (unpaired) electrons. The molecule has 1 saturated heterocycles. The Morgan fingerprint density at radius 3 is 2.81 bits per heavy atom. The molecule has 27 heavy (non-hydrogen) atoms. The molecule has 1 unspecified atom stereocenters. The van der Waals surface area contributed by atoms with Crippen molar-refractivity contribution in [3.8, 4) is 11.4 Å². The molecule has 0 bridgehead atoms. The average molecular weight is 369 g/mol. The number of carbonyl (C=O) groups is 1. The van der Waals surface area contributed by atoms with Gasteiger partial charge in [0, 0.05) is 37.4 Å². The van der Waals surface area contributed by atoms with Gasteiger partial charge in [-0.3, -0.25) is 14.5 Å². The van der Waals surface area contributed by atoms with Gasteiger partial charge in [0.25, 0.3) is 0 Å². The predicted molar refractivity (Wildman–Crippen MR) is 108 cm³/mol. The maximum absolute atomic E-state index is 12.7. The van der Waals surface area contributed by atoms with E-state index in [1.807, 2.05) is 43.9 Å². The van der Waals surface area contributed by atoms with Crippen LogP contribution in [-0.2, 0) is 17.8 Å². The molecular weight excluding hydrogens is 336 g/mol. The summed E-state index contributed by atoms with van der Waals surface area (Å²) >= 11 is 0. The lowest BCUT2D eigenvalue weighted by molar-refractivity contribution is -0.141. The van der Waals surface area contributed by atoms with Crippen LogP contribution in [0.15, 0.2) is 30.6 Å². The van der Waals surface area contributed by atoms with Crippen LogP contribution in [0, 0.1) is 11.3 Å². The van der Waals surface area contributed by atoms with Crippen LogP contribution in [0.25, 0.3) is 11.4 Å². The van der Waals surface area contributed by atoms with Gasteiger partial charge in [0.2, 0.25) is 5.91 Å². The molecule has 0 aliphatic carbocycles. The molecule has 1 aliphatic rings. The zero-order valence-corrected chi connectivity index (χ0v) is 17.1. The van der Waals surface area contributed by atoms with Gasteiger partial charge in [-0.25, -0.2) is 0 Å². The van der Waals surface area contributed by atoms with Crippen LogP contribution in [0.1, 0.15) is 52.5 Å². The maximum Gasteiger partial charge on any atom is 0.227 e. The van der Waals surface area contributed by atoms with Gasteiger partial charge < -0.3 is 4.90 Å². The largest absolute Gasteiger partial charge is 0.342 e. The lowest BCUT2D eigenvalue weighted by Crippen LogP contribution is -2.45. The summed E-state index contributed by atoms with van der Waals surface area (Å²) in [5.41, 5.74) is 3.06. The smallest absolute Gasteiger partial charge is 0.227 e. The quantitative estimate of drug-likeness (QED) is 0.795. The second-order valence-corrected chi connectivity index (χ2v) is 8.66. The molecule has 1 fully saturated rings. The molecule has 0 aromatic carbocycles. The summed E-state index contributed by atoms with van der Waals surface area (Å²) in [6, 6.07) is 6.24. The Balaban J connectivity index is 1.78. The molecule has 1 aliphatic heterocycles. The summed E-state index contributed by atoms with van der Waals surface area (Å²) in [7, 11) is 0. The molecule has 1 amide bonds. The fraction of sp³-hybridized carbons (Fsp3) is 0.591. The Bertz CT molecular complexity index is 775. The zero-order chi connectivity index (χ0) is 19.4. The number of amides is 1. The molecule has 1 atom stereocenters. The third kappa shape index (κ3) is 4.57. The summed E-state index contributed by atoms with van der Waals surface area (Å²) < 4.78 is 2.04. The number of likely N-dealkylation sites (tertiary alicyclic amines) is 1. The molecule has 5 heteroatoms. The van der Waals surface area contributed by atoms with Gasteiger partial charge in [0.05, 0.1) is 11.4 Å². The molecule has 2 aromatic heterocycles. The Morgan fingerprint density at radius 1 is 1.26 bits per heavy atom. The van der Waals surface area contributed by atoms with Gasteiger partial charge in [0.1, 0.15) is 0 Å². The van der Waals surface area contributed by atoms with E-state index in [0.29, 0.717) is 5.92 Å². The highest BCUT2D eigenvalue weighted by Gasteiger charge is 2.31. The van der Waals surface area contributed by atoms with Crippen LogP contribution >= 0.6 is 0 Å². The summed E-state index contributed by atoms with van der Waals surface area (Å²) in [6.45, 7) is 10.8. The molecule has 3 heterocycles. The first kappa shape index (κ1) is 19.6. The molecule has 5 nitrogen and oxygen atoms in total. The van der Waals surface area contributed by atoms with E-state index < -0.39 is 0 Å². The van der Waals surface area contributed by atoms with Gasteiger partial charge in [0.15, 0.2) is 0 Å². The summed E-state index contributed by atoms with van der Waals surface area (Å²) in [4.78, 5) is 19.4. The van der Waals surface area contributed by atoms with Gasteiger partial charge in [-0.1, -0.05) is 33.8 Å². The molecule has 3 rings (SSSR count). The maximum atomic E-state index is 12.7. The summed E-state index contributed by atoms with van der Waals surface area (Å²) in [5, 5.41) is 4.46. The minimum atomic E-state index is -0.312. The minimum Gasteiger partial charge on any atom is -0.342 e. The van der Waals surface area contributed by atoms with E-state index in [2.05, 4.69) is 34.0 Å². The van der Waals surface area contributed by atoms with E-state index in [9.17, 15) is 4.79 Å². The van der Waals surface area contributed by atoms with Gasteiger partial charge in [-0.15, -0.1) is 0 Å². The van der Waals surface area contributed by atoms with E-state index in [-0.39, 0.29) is 11.3 Å². The van der Waals surface area contributed by atoms with Crippen LogP contribution in [0.2, 0.25) is 0 Å². The predicted octanol–water partition coefficient (Wildman–Crippen LogP) is 4.18. The third-order valence-electron chi connectivity index (χ3n) is 5.24. The molecule has 2 aromatic rings. The molecular formula is C22H32N4O. The van der Waals surface area contributed by atoms with Crippen molar-refractivity contribution in [2.24, 2.45) is 11.3 Å². The number of rotatable bonds is 5. The highest BCUT2D eigenvalue weighted by Crippen LogP contribution is 2.29. The first-order valence-electron chi connectivity index (χ1n) is 10.2. The van der Waals surface area contributed by atoms with E-state index in [1.165, 1.54) is 5.56 Å². The Labute approximate surface area is 162 Å². The van der Waals surface area contributed by atoms with Crippen LogP contribution in [0.3, 0.4) is 0 Å². The van der Waals surface area contributed by atoms with E-state index >= 15 is 0 Å². The summed E-state index contributed by atoms with van der Waals surface area (Å²) in [6.07, 6.45) is 7.95. The lowest BCUT2D eigenvalue weighted by atomic mass is 9.88. The number of aryl methyl sites for hydroxylation is 1. The fourth-order valence-electron chi connectivity index (χ4n) is 3.96. The zero-order valence-electron chi connectivity index (χ0n) is 17.1. The van der Waals surface area contributed by atoms with Crippen molar-refractivity contribution in [1.82, 2.24) is 19.7 Å². The van der Waals surface area contributed by atoms with Crippen molar-refractivity contribution < 1.29 is 4.79 Å². The highest BCUT2D eigenvalue weighted by atomic mass is 16.2. The topological polar surface area (TPSA) is 51.0 Å². The SMILES string of the molecule is CCCn1nccc1-c1ncccc1CC1CCCN(C(=O)C(C)(C)C)C1. The van der Waals surface area contributed by atoms with Gasteiger partial charge >= 0.3 is 0 Å². The molecule has 0 saturated carbocycles. The number of piperidine rings is 1. The van der Waals surface area contributed by atoms with Crippen molar-refractivity contribution in [2.75, 3.05) is 13.1 Å². The monoisotopic (exact) mass is 368 g/mol. The normalized spacial score (nSPS) is 17.9. The Hall–Kier alpha value is -2.17. The first-order valence-corrected chi connectivity index (χ1v) is 10.2. The highest BCUT2D eigenvalue weighted by molar-refractivity contribution is 5.81. The van der Waals surface area contributed by atoms with Crippen LogP contribution in [0.4, 0.5) is 0 Å². The number of hydrogen-bond acceptors (Lipinski definition) is 3. The second kappa shape index (κ2) is 8.24. The standard InChI is InChI=1S/C22H32N4O/c1-5-13-26-19(10-12-24-26)20-18(9-6-11-23-20)15-17-8-7-14-25(16-17)21(27)22(2,3)4/h6,9-12,17H,5,7-8,13-16H2,1-4H3. The van der Waals surface area contributed by atoms with Crippen molar-refractivity contribution in [1.29, 1.82) is 0 Å². The van der Waals surface area contributed by atoms with Crippen molar-refractivity contribution in [3.05, 3.63) is 36.2 Å². The van der Waals surface area contributed by atoms with Gasteiger partial charge in [-0.05, 0) is 49.3 Å². The second-order valence-electron chi connectivity index (χ2n) is 8.66. The average Bonchev–Trinajstić information content (AvgIpc) is 3.09. The molecule has 146 valence electrons. The van der Waals surface area contributed by atoms with Gasteiger partial charge in [-0.2, -0.15) is 5.10 Å². The summed E-state index contributed by atoms with van der Waals surface area (Å²) in [5.74, 6) is 0.746. The number of nitrogens with zero attached hydrogens (tertiary/aromatic N) is 4. The van der Waals surface area contributed by atoms with Crippen LogP contribution in [0.5, 0.6) is 0 Å². The Morgan fingerprint density at radius 2 is 2.07 bits per heavy atom. The van der Waals surface area contributed by atoms with Crippen molar-refractivity contribution in [3.63, 3.8) is 0 Å². The fourth-order valence-corrected chi connectivity index (χ4v) is 3.96. The number of carbonyl (C=O) groups excluding carboxylic acids is 1. The van der Waals surface area contributed by atoms with E-state index in [1.54, 1.807) is 0 Å². The number of pyridine rings is 1. The number of aromatic nitrogens is 3. The minimum absolute atomic E-state index is 0.264. The third-order valence-corrected chi connectivity index (χ3v) is 5.24. The van der Waals surface area contributed by atoms with Crippen LogP contribution in [-0.4, -0.2) is 38.7 Å². The number of hydrogen-bond donors (Lipinski definition) is 0. The van der Waals surface area contributed by atoms with Crippen LogP contribution < -0.4 is 0 Å². The lowest BCUT2D eigenvalue weighted by Gasteiger charge is -2.36. The van der Waals surface area contributed by atoms with E-state index in [4.69, 9.17) is 0 Å². The van der Waals surface area contributed by atoms with Crippen molar-refractivity contribution in [2.45, 2.75) is 59.9 Å². The Kier molecular flexibility index (Phi) is 5.98. The van der Waals surface area contributed by atoms with Crippen molar-refractivity contribution >= 4 is 5.91 Å².